The molecule has 0 saturated heterocycles. The van der Waals surface area contributed by atoms with Crippen molar-refractivity contribution in [2.45, 2.75) is 154 Å². The number of benzene rings is 2. The highest BCUT2D eigenvalue weighted by Crippen LogP contribution is 2.53. The standard InChI is InChI=1S/C46H64N4O11S2/c1-29-25-34(59-24-14-18-40(52)53)26-30(2)41(29)62(55,56)49-37(43(54)61-44(4,5)6)28-47-39(51)17-12-11-16-33-20-19-32-15-13-23-50(42(32)48-33)63(57,58)35-21-22-38-36(27-35)31(3)45(7,8)46(9,10)60-38/h19-22,25-27,31,37,49H,11-18,23-24,28H2,1-10H3,(H,47,51)(H,52,53). The number of rotatable bonds is 18. The average Bonchev–Trinajstić information content (AvgIpc) is 3.17. The molecular formula is C46H64N4O11S2. The van der Waals surface area contributed by atoms with Crippen LogP contribution in [0, 0.1) is 19.3 Å². The molecule has 0 bridgehead atoms. The lowest BCUT2D eigenvalue weighted by Gasteiger charge is -2.50. The second-order valence-electron chi connectivity index (χ2n) is 18.7. The molecule has 2 aliphatic rings. The topological polar surface area (TPSA) is 208 Å². The minimum Gasteiger partial charge on any atom is -0.494 e. The highest BCUT2D eigenvalue weighted by atomic mass is 32.2. The van der Waals surface area contributed by atoms with Gasteiger partial charge in [-0.2, -0.15) is 4.72 Å². The normalized spacial score (nSPS) is 17.4. The van der Waals surface area contributed by atoms with E-state index in [4.69, 9.17) is 24.3 Å². The Hall–Kier alpha value is -4.74. The molecule has 346 valence electrons. The van der Waals surface area contributed by atoms with Crippen LogP contribution in [0.1, 0.15) is 128 Å². The molecule has 63 heavy (non-hydrogen) atoms. The van der Waals surface area contributed by atoms with E-state index in [0.29, 0.717) is 72.8 Å². The zero-order chi connectivity index (χ0) is 46.7. The van der Waals surface area contributed by atoms with Crippen LogP contribution in [0.15, 0.2) is 52.3 Å². The summed E-state index contributed by atoms with van der Waals surface area (Å²) in [5, 5.41) is 11.6. The van der Waals surface area contributed by atoms with Crippen molar-refractivity contribution in [1.29, 1.82) is 0 Å². The first-order valence-electron chi connectivity index (χ1n) is 21.6. The predicted molar refractivity (Wildman–Crippen MR) is 239 cm³/mol. The minimum absolute atomic E-state index is 0.0430. The number of nitrogens with one attached hydrogen (secondary N) is 2. The summed E-state index contributed by atoms with van der Waals surface area (Å²) in [7, 11) is -8.27. The van der Waals surface area contributed by atoms with Gasteiger partial charge in [-0.25, -0.2) is 26.1 Å². The van der Waals surface area contributed by atoms with Crippen molar-refractivity contribution in [3.05, 3.63) is 70.4 Å². The number of unbranched alkanes of at least 4 members (excludes halogenated alkanes) is 1. The second kappa shape index (κ2) is 19.2. The van der Waals surface area contributed by atoms with Crippen LogP contribution >= 0.6 is 0 Å². The summed E-state index contributed by atoms with van der Waals surface area (Å²) in [6.07, 6.45) is 3.14. The van der Waals surface area contributed by atoms with Crippen molar-refractivity contribution in [2.24, 2.45) is 5.41 Å². The number of nitrogens with zero attached hydrogens (tertiary/aromatic N) is 2. The Kier molecular flexibility index (Phi) is 15.0. The molecule has 0 radical (unpaired) electrons. The van der Waals surface area contributed by atoms with Gasteiger partial charge in [0.1, 0.15) is 34.6 Å². The van der Waals surface area contributed by atoms with E-state index in [9.17, 15) is 31.2 Å². The predicted octanol–water partition coefficient (Wildman–Crippen LogP) is 6.90. The zero-order valence-electron chi connectivity index (χ0n) is 38.2. The molecule has 2 unspecified atom stereocenters. The number of carbonyl (C=O) groups is 3. The number of pyridine rings is 1. The van der Waals surface area contributed by atoms with Gasteiger partial charge in [0.25, 0.3) is 10.0 Å². The number of anilines is 1. The van der Waals surface area contributed by atoms with E-state index in [1.807, 2.05) is 12.1 Å². The maximum atomic E-state index is 14.3. The van der Waals surface area contributed by atoms with Gasteiger partial charge in [-0.3, -0.25) is 14.4 Å². The van der Waals surface area contributed by atoms with Crippen molar-refractivity contribution in [3.63, 3.8) is 0 Å². The third-order valence-electron chi connectivity index (χ3n) is 12.2. The van der Waals surface area contributed by atoms with Crippen LogP contribution in [0.4, 0.5) is 5.82 Å². The van der Waals surface area contributed by atoms with Gasteiger partial charge >= 0.3 is 11.9 Å². The van der Waals surface area contributed by atoms with Gasteiger partial charge in [0.05, 0.1) is 16.4 Å². The van der Waals surface area contributed by atoms with Crippen LogP contribution in [0.5, 0.6) is 11.5 Å². The quantitative estimate of drug-likeness (QED) is 0.0880. The summed E-state index contributed by atoms with van der Waals surface area (Å²) in [5.74, 6) is -0.678. The smallest absolute Gasteiger partial charge is 0.326 e. The fraction of sp³-hybridized carbons (Fsp3) is 0.565. The monoisotopic (exact) mass is 912 g/mol. The van der Waals surface area contributed by atoms with Gasteiger partial charge in [-0.1, -0.05) is 26.8 Å². The first kappa shape index (κ1) is 49.3. The van der Waals surface area contributed by atoms with Crippen LogP contribution in [-0.4, -0.2) is 81.7 Å². The molecule has 2 atom stereocenters. The molecule has 3 N–H and O–H groups in total. The number of hydrogen-bond donors (Lipinski definition) is 3. The number of amides is 1. The molecule has 1 aromatic heterocycles. The lowest BCUT2D eigenvalue weighted by molar-refractivity contribution is -0.156. The SMILES string of the molecule is Cc1cc(OCCCC(=O)O)cc(C)c1S(=O)(=O)NC(CNC(=O)CCCCc1ccc2c(n1)N(S(=O)(=O)c1ccc3c(c1)C(C)C(C)(C)C(C)(C)O3)CCC2)C(=O)OC(C)(C)C. The fourth-order valence-corrected chi connectivity index (χ4v) is 11.1. The first-order valence-corrected chi connectivity index (χ1v) is 24.5. The number of carboxylic acid groups (broad SMARTS) is 1. The van der Waals surface area contributed by atoms with E-state index in [-0.39, 0.29) is 53.5 Å². The van der Waals surface area contributed by atoms with E-state index in [0.717, 1.165) is 11.1 Å². The molecule has 0 saturated carbocycles. The van der Waals surface area contributed by atoms with Gasteiger partial charge in [0.15, 0.2) is 0 Å². The fourth-order valence-electron chi connectivity index (χ4n) is 7.90. The largest absolute Gasteiger partial charge is 0.494 e. The first-order chi connectivity index (χ1) is 29.2. The van der Waals surface area contributed by atoms with Crippen LogP contribution in [0.25, 0.3) is 0 Å². The number of aliphatic carboxylic acids is 1. The number of fused-ring (bicyclic) bond motifs is 2. The van der Waals surface area contributed by atoms with Gasteiger partial charge in [0, 0.05) is 37.0 Å². The maximum Gasteiger partial charge on any atom is 0.326 e. The van der Waals surface area contributed by atoms with Crippen LogP contribution < -0.4 is 23.8 Å². The van der Waals surface area contributed by atoms with E-state index >= 15 is 0 Å². The number of hydrogen-bond acceptors (Lipinski definition) is 11. The number of aryl methyl sites for hydroxylation is 4. The summed E-state index contributed by atoms with van der Waals surface area (Å²) in [5.41, 5.74) is 1.46. The molecule has 15 nitrogen and oxygen atoms in total. The van der Waals surface area contributed by atoms with E-state index < -0.39 is 55.1 Å². The lowest BCUT2D eigenvalue weighted by Crippen LogP contribution is -2.50. The molecule has 3 heterocycles. The second-order valence-corrected chi connectivity index (χ2v) is 22.2. The minimum atomic E-state index is -4.31. The average molecular weight is 913 g/mol. The number of aromatic nitrogens is 1. The summed E-state index contributed by atoms with van der Waals surface area (Å²) >= 11 is 0. The van der Waals surface area contributed by atoms with Crippen molar-refractivity contribution < 1.29 is 50.5 Å². The van der Waals surface area contributed by atoms with Crippen molar-refractivity contribution >= 4 is 43.7 Å². The molecule has 5 rings (SSSR count). The Balaban J connectivity index is 1.21. The third kappa shape index (κ3) is 11.7. The van der Waals surface area contributed by atoms with Crippen LogP contribution in [0.3, 0.4) is 0 Å². The van der Waals surface area contributed by atoms with Crippen LogP contribution in [0.2, 0.25) is 0 Å². The summed E-state index contributed by atoms with van der Waals surface area (Å²) < 4.78 is 77.4. The number of carboxylic acids is 1. The highest BCUT2D eigenvalue weighted by Gasteiger charge is 2.48. The molecule has 17 heteroatoms. The zero-order valence-corrected chi connectivity index (χ0v) is 39.8. The molecule has 3 aromatic rings. The van der Waals surface area contributed by atoms with Crippen molar-refractivity contribution in [2.75, 3.05) is 24.0 Å². The third-order valence-corrected chi connectivity index (χ3v) is 15.7. The van der Waals surface area contributed by atoms with Crippen LogP contribution in [-0.2, 0) is 52.0 Å². The molecular weight excluding hydrogens is 849 g/mol. The molecule has 1 amide bonds. The Morgan fingerprint density at radius 1 is 0.968 bits per heavy atom. The Labute approximate surface area is 372 Å². The Bertz CT molecular complexity index is 2400. The number of sulfonamides is 2. The van der Waals surface area contributed by atoms with Gasteiger partial charge in [0.2, 0.25) is 15.9 Å². The number of ether oxygens (including phenoxy) is 3. The molecule has 2 aromatic carbocycles. The van der Waals surface area contributed by atoms with E-state index in [1.54, 1.807) is 52.8 Å². The van der Waals surface area contributed by atoms with Gasteiger partial charge in [-0.15, -0.1) is 0 Å². The number of carbonyl (C=O) groups excluding carboxylic acids is 2. The maximum absolute atomic E-state index is 14.3. The lowest BCUT2D eigenvalue weighted by atomic mass is 9.64. The molecule has 0 aliphatic carbocycles. The Morgan fingerprint density at radius 2 is 1.65 bits per heavy atom. The van der Waals surface area contributed by atoms with Crippen molar-refractivity contribution in [1.82, 2.24) is 15.0 Å². The Morgan fingerprint density at radius 3 is 2.30 bits per heavy atom. The highest BCUT2D eigenvalue weighted by molar-refractivity contribution is 7.92. The van der Waals surface area contributed by atoms with Gasteiger partial charge < -0.3 is 24.6 Å². The summed E-state index contributed by atoms with van der Waals surface area (Å²) in [4.78, 5) is 42.1. The number of esters is 1. The van der Waals surface area contributed by atoms with E-state index in [1.165, 1.54) is 16.4 Å². The summed E-state index contributed by atoms with van der Waals surface area (Å²) in [6, 6.07) is 10.5. The molecule has 0 spiro atoms. The molecule has 0 fully saturated rings. The van der Waals surface area contributed by atoms with E-state index in [2.05, 4.69) is 44.7 Å². The van der Waals surface area contributed by atoms with Crippen molar-refractivity contribution in [3.8, 4) is 11.5 Å². The van der Waals surface area contributed by atoms with Gasteiger partial charge in [-0.05, 0) is 152 Å². The summed E-state index contributed by atoms with van der Waals surface area (Å²) in [6.45, 7) is 18.7. The molecule has 2 aliphatic heterocycles.